The summed E-state index contributed by atoms with van der Waals surface area (Å²) in [6, 6.07) is 10.3. The van der Waals surface area contributed by atoms with Crippen molar-refractivity contribution in [3.63, 3.8) is 0 Å². The molecule has 2 saturated heterocycles. The number of carbonyl (C=O) groups excluding carboxylic acids is 1. The van der Waals surface area contributed by atoms with E-state index < -0.39 is 15.8 Å². The molecule has 0 bridgehead atoms. The topological polar surface area (TPSA) is 69.7 Å². The number of hydrogen-bond acceptors (Lipinski definition) is 4. The summed E-state index contributed by atoms with van der Waals surface area (Å²) in [4.78, 5) is 15.4. The van der Waals surface area contributed by atoms with E-state index in [-0.39, 0.29) is 30.6 Å². The third-order valence-electron chi connectivity index (χ3n) is 7.22. The number of carbonyl (C=O) groups is 1. The van der Waals surface area contributed by atoms with Gasteiger partial charge in [0.15, 0.2) is 0 Å². The molecule has 33 heavy (non-hydrogen) atoms. The first-order valence-corrected chi connectivity index (χ1v) is 13.3. The van der Waals surface area contributed by atoms with Gasteiger partial charge in [-0.1, -0.05) is 12.1 Å². The molecule has 1 amide bonds. The Morgan fingerprint density at radius 3 is 2.42 bits per heavy atom. The molecule has 2 aromatic carbocycles. The first kappa shape index (κ1) is 22.3. The van der Waals surface area contributed by atoms with Crippen molar-refractivity contribution >= 4 is 27.3 Å². The lowest BCUT2D eigenvalue weighted by molar-refractivity contribution is -0.120. The highest BCUT2D eigenvalue weighted by Crippen LogP contribution is 2.33. The summed E-state index contributed by atoms with van der Waals surface area (Å²) < 4.78 is 42.4. The average Bonchev–Trinajstić information content (AvgIpc) is 3.52. The molecule has 0 spiro atoms. The third-order valence-corrected chi connectivity index (χ3v) is 9.11. The summed E-state index contributed by atoms with van der Waals surface area (Å²) in [6.07, 6.45) is 5.96. The van der Waals surface area contributed by atoms with Gasteiger partial charge in [-0.25, -0.2) is 12.8 Å². The third kappa shape index (κ3) is 4.38. The van der Waals surface area contributed by atoms with E-state index in [4.69, 9.17) is 0 Å². The van der Waals surface area contributed by atoms with E-state index in [1.165, 1.54) is 15.9 Å². The van der Waals surface area contributed by atoms with Crippen molar-refractivity contribution in [2.45, 2.75) is 49.8 Å². The second kappa shape index (κ2) is 9.06. The van der Waals surface area contributed by atoms with Crippen molar-refractivity contribution in [1.82, 2.24) is 4.31 Å². The smallest absolute Gasteiger partial charge is 0.243 e. The van der Waals surface area contributed by atoms with Crippen molar-refractivity contribution < 1.29 is 17.6 Å². The normalized spacial score (nSPS) is 19.6. The quantitative estimate of drug-likeness (QED) is 0.717. The van der Waals surface area contributed by atoms with Crippen LogP contribution in [0.15, 0.2) is 41.3 Å². The molecule has 5 rings (SSSR count). The zero-order valence-corrected chi connectivity index (χ0v) is 19.5. The Morgan fingerprint density at radius 1 is 0.939 bits per heavy atom. The number of aryl methyl sites for hydroxylation is 2. The van der Waals surface area contributed by atoms with Gasteiger partial charge in [-0.15, -0.1) is 0 Å². The zero-order valence-electron chi connectivity index (χ0n) is 18.7. The molecule has 0 radical (unpaired) electrons. The van der Waals surface area contributed by atoms with Crippen LogP contribution in [0.3, 0.4) is 0 Å². The summed E-state index contributed by atoms with van der Waals surface area (Å²) in [7, 11) is -3.58. The number of benzene rings is 2. The number of fused-ring (bicyclic) bond motifs is 1. The van der Waals surface area contributed by atoms with E-state index in [2.05, 4.69) is 10.2 Å². The lowest BCUT2D eigenvalue weighted by Crippen LogP contribution is -2.41. The van der Waals surface area contributed by atoms with Gasteiger partial charge in [-0.2, -0.15) is 4.31 Å². The van der Waals surface area contributed by atoms with Gasteiger partial charge in [-0.3, -0.25) is 4.79 Å². The predicted octanol–water partition coefficient (Wildman–Crippen LogP) is 3.95. The van der Waals surface area contributed by atoms with Gasteiger partial charge >= 0.3 is 0 Å². The molecule has 3 aliphatic rings. The molecule has 1 N–H and O–H groups in total. The Labute approximate surface area is 194 Å². The molecule has 8 heteroatoms. The zero-order chi connectivity index (χ0) is 23.0. The van der Waals surface area contributed by atoms with Gasteiger partial charge in [0.2, 0.25) is 15.9 Å². The number of sulfonamides is 1. The van der Waals surface area contributed by atoms with Gasteiger partial charge in [-0.05, 0) is 80.3 Å². The Morgan fingerprint density at radius 2 is 1.67 bits per heavy atom. The number of rotatable bonds is 5. The second-order valence-corrected chi connectivity index (χ2v) is 11.2. The number of nitrogens with one attached hydrogen (secondary N) is 1. The summed E-state index contributed by atoms with van der Waals surface area (Å²) in [5, 5.41) is 2.82. The fourth-order valence-electron chi connectivity index (χ4n) is 5.30. The van der Waals surface area contributed by atoms with Crippen LogP contribution in [-0.4, -0.2) is 44.8 Å². The average molecular weight is 472 g/mol. The molecule has 176 valence electrons. The predicted molar refractivity (Wildman–Crippen MR) is 126 cm³/mol. The molecule has 2 aromatic rings. The van der Waals surface area contributed by atoms with E-state index in [1.807, 2.05) is 18.2 Å². The Hall–Kier alpha value is -2.45. The van der Waals surface area contributed by atoms with Crippen LogP contribution in [-0.2, 0) is 27.7 Å². The maximum atomic E-state index is 14.6. The molecule has 2 aliphatic heterocycles. The molecule has 2 heterocycles. The fraction of sp³-hybridized carbons (Fsp3) is 0.480. The Bertz CT molecular complexity index is 1150. The maximum absolute atomic E-state index is 14.6. The van der Waals surface area contributed by atoms with Crippen molar-refractivity contribution in [3.8, 4) is 0 Å². The molecule has 0 unspecified atom stereocenters. The van der Waals surface area contributed by atoms with Crippen molar-refractivity contribution in [1.29, 1.82) is 0 Å². The molecule has 6 nitrogen and oxygen atoms in total. The largest absolute Gasteiger partial charge is 0.370 e. The minimum absolute atomic E-state index is 0.234. The molecule has 0 saturated carbocycles. The molecule has 1 aliphatic carbocycles. The SMILES string of the molecule is O=C(Nc1c(F)cccc1N1CCCC1)C1CCN(S(=O)(=O)c2ccc3c(c2)CCC3)CC1. The summed E-state index contributed by atoms with van der Waals surface area (Å²) in [6.45, 7) is 2.28. The molecule has 0 atom stereocenters. The number of amides is 1. The van der Waals surface area contributed by atoms with Crippen molar-refractivity contribution in [2.24, 2.45) is 5.92 Å². The highest BCUT2D eigenvalue weighted by atomic mass is 32.2. The van der Waals surface area contributed by atoms with Crippen molar-refractivity contribution in [3.05, 3.63) is 53.3 Å². The minimum atomic E-state index is -3.58. The van der Waals surface area contributed by atoms with Crippen LogP contribution in [0, 0.1) is 11.7 Å². The monoisotopic (exact) mass is 471 g/mol. The Kier molecular flexibility index (Phi) is 6.14. The summed E-state index contributed by atoms with van der Waals surface area (Å²) in [5.41, 5.74) is 3.32. The number of halogens is 1. The van der Waals surface area contributed by atoms with Crippen LogP contribution >= 0.6 is 0 Å². The van der Waals surface area contributed by atoms with Gasteiger partial charge in [0.1, 0.15) is 11.5 Å². The first-order chi connectivity index (χ1) is 15.9. The van der Waals surface area contributed by atoms with E-state index >= 15 is 0 Å². The molecule has 0 aromatic heterocycles. The number of piperidine rings is 1. The van der Waals surface area contributed by atoms with Crippen LogP contribution in [0.2, 0.25) is 0 Å². The van der Waals surface area contributed by atoms with E-state index in [9.17, 15) is 17.6 Å². The maximum Gasteiger partial charge on any atom is 0.243 e. The number of para-hydroxylation sites is 1. The first-order valence-electron chi connectivity index (χ1n) is 11.9. The van der Waals surface area contributed by atoms with E-state index in [0.29, 0.717) is 17.7 Å². The molecular weight excluding hydrogens is 441 g/mol. The van der Waals surface area contributed by atoms with Crippen LogP contribution < -0.4 is 10.2 Å². The highest BCUT2D eigenvalue weighted by molar-refractivity contribution is 7.89. The highest BCUT2D eigenvalue weighted by Gasteiger charge is 2.33. The minimum Gasteiger partial charge on any atom is -0.370 e. The van der Waals surface area contributed by atoms with Gasteiger partial charge in [0.25, 0.3) is 0 Å². The van der Waals surface area contributed by atoms with Gasteiger partial charge in [0.05, 0.1) is 10.6 Å². The molecular formula is C25H30FN3O3S. The number of anilines is 2. The van der Waals surface area contributed by atoms with E-state index in [1.54, 1.807) is 12.1 Å². The van der Waals surface area contributed by atoms with Crippen LogP contribution in [0.4, 0.5) is 15.8 Å². The Balaban J connectivity index is 1.25. The summed E-state index contributed by atoms with van der Waals surface area (Å²) >= 11 is 0. The van der Waals surface area contributed by atoms with Crippen molar-refractivity contribution in [2.75, 3.05) is 36.4 Å². The van der Waals surface area contributed by atoms with Gasteiger partial charge in [0, 0.05) is 32.1 Å². The molecule has 2 fully saturated rings. The number of nitrogens with zero attached hydrogens (tertiary/aromatic N) is 2. The van der Waals surface area contributed by atoms with Crippen LogP contribution in [0.5, 0.6) is 0 Å². The lowest BCUT2D eigenvalue weighted by atomic mass is 9.97. The van der Waals surface area contributed by atoms with Crippen LogP contribution in [0.25, 0.3) is 0 Å². The fourth-order valence-corrected chi connectivity index (χ4v) is 6.82. The summed E-state index contributed by atoms with van der Waals surface area (Å²) in [5.74, 6) is -1.03. The number of hydrogen-bond donors (Lipinski definition) is 1. The second-order valence-electron chi connectivity index (χ2n) is 9.28. The van der Waals surface area contributed by atoms with Gasteiger partial charge < -0.3 is 10.2 Å². The lowest BCUT2D eigenvalue weighted by Gasteiger charge is -2.31. The van der Waals surface area contributed by atoms with E-state index in [0.717, 1.165) is 56.4 Å². The van der Waals surface area contributed by atoms with Crippen LogP contribution in [0.1, 0.15) is 43.2 Å². The standard InChI is InChI=1S/C25H30FN3O3S/c26-22-7-4-8-23(28-13-1-2-14-28)24(22)27-25(30)19-11-15-29(16-12-19)33(31,32)21-10-9-18-5-3-6-20(18)17-21/h4,7-10,17,19H,1-3,5-6,11-16H2,(H,27,30).